The number of benzene rings is 2. The lowest BCUT2D eigenvalue weighted by Gasteiger charge is -2.26. The van der Waals surface area contributed by atoms with Gasteiger partial charge in [0.25, 0.3) is 5.91 Å². The van der Waals surface area contributed by atoms with E-state index in [2.05, 4.69) is 64.9 Å². The van der Waals surface area contributed by atoms with Crippen LogP contribution in [-0.2, 0) is 24.1 Å². The van der Waals surface area contributed by atoms with Crippen LogP contribution in [-0.4, -0.2) is 30.4 Å². The third kappa shape index (κ3) is 5.69. The van der Waals surface area contributed by atoms with Crippen LogP contribution in [0.1, 0.15) is 91.7 Å². The Hall–Kier alpha value is -3.31. The molecule has 1 aromatic heterocycles. The van der Waals surface area contributed by atoms with Crippen molar-refractivity contribution < 1.29 is 9.21 Å². The van der Waals surface area contributed by atoms with Crippen LogP contribution in [0.2, 0.25) is 0 Å². The van der Waals surface area contributed by atoms with Crippen molar-refractivity contribution >= 4 is 28.9 Å². The Balaban J connectivity index is 1.34. The molecule has 1 fully saturated rings. The molecule has 1 aliphatic carbocycles. The van der Waals surface area contributed by atoms with E-state index < -0.39 is 0 Å². The van der Waals surface area contributed by atoms with Gasteiger partial charge < -0.3 is 20.0 Å². The molecule has 1 atom stereocenters. The molecule has 0 saturated carbocycles. The fourth-order valence-corrected chi connectivity index (χ4v) is 6.55. The number of carbonyl (C=O) groups is 1. The Morgan fingerprint density at radius 2 is 1.85 bits per heavy atom. The molecule has 6 rings (SSSR count). The molecular formula is C34H41N3O2. The number of furan rings is 1. The summed E-state index contributed by atoms with van der Waals surface area (Å²) in [6.07, 6.45) is 13.4. The van der Waals surface area contributed by atoms with Crippen LogP contribution in [0.4, 0.5) is 11.4 Å². The highest BCUT2D eigenvalue weighted by Crippen LogP contribution is 2.41. The number of rotatable bonds is 9. The smallest absolute Gasteiger partial charge is 0.256 e. The van der Waals surface area contributed by atoms with Gasteiger partial charge in [0.2, 0.25) is 0 Å². The van der Waals surface area contributed by atoms with Crippen LogP contribution in [0.25, 0.3) is 11.6 Å². The lowest BCUT2D eigenvalue weighted by Crippen LogP contribution is -2.31. The number of anilines is 2. The molecule has 204 valence electrons. The van der Waals surface area contributed by atoms with Crippen LogP contribution in [0.3, 0.4) is 0 Å². The van der Waals surface area contributed by atoms with E-state index in [0.717, 1.165) is 73.5 Å². The summed E-state index contributed by atoms with van der Waals surface area (Å²) in [4.78, 5) is 15.8. The van der Waals surface area contributed by atoms with E-state index in [4.69, 9.17) is 4.42 Å². The molecule has 0 bridgehead atoms. The normalized spacial score (nSPS) is 19.0. The summed E-state index contributed by atoms with van der Waals surface area (Å²) in [6, 6.07) is 17.0. The topological polar surface area (TPSA) is 57.5 Å². The van der Waals surface area contributed by atoms with Crippen molar-refractivity contribution in [2.75, 3.05) is 30.3 Å². The molecule has 1 saturated heterocycles. The van der Waals surface area contributed by atoms with Crippen molar-refractivity contribution in [3.8, 4) is 0 Å². The maximum atomic E-state index is 13.2. The SMILES string of the molecule is CCCC(Nc1ccccc1)c1c(C=C2C(=O)Nc3ccc(CCN4CCCCC4)cc32)oc2c1CCCC2. The molecule has 39 heavy (non-hydrogen) atoms. The second-order valence-electron chi connectivity index (χ2n) is 11.4. The third-order valence-corrected chi connectivity index (χ3v) is 8.59. The lowest BCUT2D eigenvalue weighted by molar-refractivity contribution is -0.110. The van der Waals surface area contributed by atoms with Crippen LogP contribution in [0.15, 0.2) is 52.9 Å². The fraction of sp³-hybridized carbons (Fsp3) is 0.441. The molecule has 0 radical (unpaired) electrons. The number of piperidine rings is 1. The summed E-state index contributed by atoms with van der Waals surface area (Å²) in [5.74, 6) is 1.91. The summed E-state index contributed by atoms with van der Waals surface area (Å²) >= 11 is 0. The highest BCUT2D eigenvalue weighted by atomic mass is 16.3. The minimum atomic E-state index is -0.0402. The molecule has 2 aliphatic heterocycles. The van der Waals surface area contributed by atoms with Crippen molar-refractivity contribution in [2.45, 2.75) is 77.2 Å². The molecule has 3 aromatic rings. The van der Waals surface area contributed by atoms with Gasteiger partial charge in [-0.3, -0.25) is 4.79 Å². The van der Waals surface area contributed by atoms with Crippen molar-refractivity contribution in [1.82, 2.24) is 4.90 Å². The van der Waals surface area contributed by atoms with Crippen molar-refractivity contribution in [3.63, 3.8) is 0 Å². The quantitative estimate of drug-likeness (QED) is 0.283. The monoisotopic (exact) mass is 523 g/mol. The molecule has 3 aliphatic rings. The number of fused-ring (bicyclic) bond motifs is 2. The number of nitrogens with one attached hydrogen (secondary N) is 2. The number of hydrogen-bond acceptors (Lipinski definition) is 4. The highest BCUT2D eigenvalue weighted by molar-refractivity contribution is 6.34. The van der Waals surface area contributed by atoms with Gasteiger partial charge in [0.15, 0.2) is 0 Å². The maximum Gasteiger partial charge on any atom is 0.256 e. The Morgan fingerprint density at radius 3 is 2.67 bits per heavy atom. The molecule has 2 N–H and O–H groups in total. The summed E-state index contributed by atoms with van der Waals surface area (Å²) < 4.78 is 6.58. The summed E-state index contributed by atoms with van der Waals surface area (Å²) in [7, 11) is 0. The predicted molar refractivity (Wildman–Crippen MR) is 160 cm³/mol. The molecule has 5 heteroatoms. The van der Waals surface area contributed by atoms with Gasteiger partial charge >= 0.3 is 0 Å². The number of amides is 1. The Labute approximate surface area is 232 Å². The van der Waals surface area contributed by atoms with Gasteiger partial charge in [0.1, 0.15) is 11.5 Å². The molecule has 3 heterocycles. The van der Waals surface area contributed by atoms with E-state index in [9.17, 15) is 4.79 Å². The second kappa shape index (κ2) is 11.8. The first-order valence-electron chi connectivity index (χ1n) is 15.0. The summed E-state index contributed by atoms with van der Waals surface area (Å²) in [6.45, 7) is 5.73. The minimum absolute atomic E-state index is 0.0402. The van der Waals surface area contributed by atoms with Crippen LogP contribution in [0, 0.1) is 0 Å². The van der Waals surface area contributed by atoms with Gasteiger partial charge in [-0.25, -0.2) is 0 Å². The number of carbonyl (C=O) groups excluding carboxylic acids is 1. The van der Waals surface area contributed by atoms with Gasteiger partial charge in [-0.1, -0.05) is 44.0 Å². The first kappa shape index (κ1) is 25.9. The molecule has 2 aromatic carbocycles. The second-order valence-corrected chi connectivity index (χ2v) is 11.4. The zero-order valence-electron chi connectivity index (χ0n) is 23.2. The summed E-state index contributed by atoms with van der Waals surface area (Å²) in [5.41, 5.74) is 7.61. The zero-order valence-corrected chi connectivity index (χ0v) is 23.2. The molecule has 0 spiro atoms. The van der Waals surface area contributed by atoms with Gasteiger partial charge in [0.05, 0.1) is 11.6 Å². The predicted octanol–water partition coefficient (Wildman–Crippen LogP) is 7.63. The third-order valence-electron chi connectivity index (χ3n) is 8.59. The fourth-order valence-electron chi connectivity index (χ4n) is 6.55. The van der Waals surface area contributed by atoms with Gasteiger partial charge in [0, 0.05) is 35.5 Å². The first-order valence-corrected chi connectivity index (χ1v) is 15.0. The van der Waals surface area contributed by atoms with Gasteiger partial charge in [-0.2, -0.15) is 0 Å². The maximum absolute atomic E-state index is 13.2. The molecule has 1 unspecified atom stereocenters. The van der Waals surface area contributed by atoms with E-state index >= 15 is 0 Å². The van der Waals surface area contributed by atoms with Crippen LogP contribution in [0.5, 0.6) is 0 Å². The highest BCUT2D eigenvalue weighted by Gasteiger charge is 2.30. The van der Waals surface area contributed by atoms with E-state index in [1.165, 1.54) is 55.5 Å². The summed E-state index contributed by atoms with van der Waals surface area (Å²) in [5, 5.41) is 6.89. The molecular weight excluding hydrogens is 482 g/mol. The van der Waals surface area contributed by atoms with Crippen LogP contribution >= 0.6 is 0 Å². The van der Waals surface area contributed by atoms with E-state index in [-0.39, 0.29) is 11.9 Å². The molecule has 5 nitrogen and oxygen atoms in total. The van der Waals surface area contributed by atoms with E-state index in [1.807, 2.05) is 12.1 Å². The van der Waals surface area contributed by atoms with Gasteiger partial charge in [-0.05, 0) is 99.5 Å². The average Bonchev–Trinajstić information content (AvgIpc) is 3.49. The number of para-hydroxylation sites is 1. The average molecular weight is 524 g/mol. The molecule has 1 amide bonds. The number of hydrogen-bond donors (Lipinski definition) is 2. The standard InChI is InChI=1S/C34H41N3O2/c1-2-11-30(35-25-12-5-3-6-13-25)33-26-14-7-8-15-31(26)39-32(33)23-28-27-22-24(16-17-29(27)36-34(28)38)18-21-37-19-9-4-10-20-37/h3,5-6,12-13,16-17,22-23,30,35H,2,4,7-11,14-15,18-21H2,1H3,(H,36,38). The van der Waals surface area contributed by atoms with Crippen LogP contribution < -0.4 is 10.6 Å². The number of nitrogens with zero attached hydrogens (tertiary/aromatic N) is 1. The Kier molecular flexibility index (Phi) is 7.87. The van der Waals surface area contributed by atoms with E-state index in [0.29, 0.717) is 5.57 Å². The largest absolute Gasteiger partial charge is 0.461 e. The van der Waals surface area contributed by atoms with Crippen molar-refractivity contribution in [2.24, 2.45) is 0 Å². The van der Waals surface area contributed by atoms with E-state index in [1.54, 1.807) is 0 Å². The zero-order chi connectivity index (χ0) is 26.6. The Morgan fingerprint density at radius 1 is 1.03 bits per heavy atom. The first-order chi connectivity index (χ1) is 19.2. The van der Waals surface area contributed by atoms with Crippen molar-refractivity contribution in [1.29, 1.82) is 0 Å². The number of likely N-dealkylation sites (tertiary alicyclic amines) is 1. The van der Waals surface area contributed by atoms with Crippen molar-refractivity contribution in [3.05, 3.63) is 82.3 Å². The van der Waals surface area contributed by atoms with Gasteiger partial charge in [-0.15, -0.1) is 0 Å². The Bertz CT molecular complexity index is 1330. The minimum Gasteiger partial charge on any atom is -0.461 e. The number of aryl methyl sites for hydroxylation is 1. The lowest BCUT2D eigenvalue weighted by atomic mass is 9.89.